The van der Waals surface area contributed by atoms with Crippen molar-refractivity contribution in [1.29, 1.82) is 0 Å². The summed E-state index contributed by atoms with van der Waals surface area (Å²) in [5.74, 6) is -0.287. The minimum atomic E-state index is -0.569. The highest BCUT2D eigenvalue weighted by molar-refractivity contribution is 6.00. The molecule has 0 aromatic heterocycles. The molecule has 0 aliphatic carbocycles. The van der Waals surface area contributed by atoms with Crippen molar-refractivity contribution in [2.75, 3.05) is 19.4 Å². The molecule has 1 aromatic rings. The van der Waals surface area contributed by atoms with Crippen LogP contribution in [0.3, 0.4) is 0 Å². The minimum absolute atomic E-state index is 0.136. The minimum Gasteiger partial charge on any atom is -0.388 e. The standard InChI is InChI=1S/C15H19N3O3/c1-16-11-3-5-13-10(7-11)8-18(15(13)21)12(9-19)4-6-14(20)17-2/h3,5,7,9,12,16H,4,6,8H2,1-2H3,(H,17,20). The van der Waals surface area contributed by atoms with E-state index in [1.54, 1.807) is 13.1 Å². The van der Waals surface area contributed by atoms with Crippen molar-refractivity contribution in [2.45, 2.75) is 25.4 Å². The monoisotopic (exact) mass is 289 g/mol. The molecule has 112 valence electrons. The Morgan fingerprint density at radius 3 is 2.81 bits per heavy atom. The Balaban J connectivity index is 2.13. The molecule has 1 aromatic carbocycles. The van der Waals surface area contributed by atoms with Gasteiger partial charge in [-0.1, -0.05) is 0 Å². The Morgan fingerprint density at radius 1 is 1.43 bits per heavy atom. The molecule has 1 atom stereocenters. The number of fused-ring (bicyclic) bond motifs is 1. The predicted molar refractivity (Wildman–Crippen MR) is 79.0 cm³/mol. The third kappa shape index (κ3) is 3.04. The highest BCUT2D eigenvalue weighted by atomic mass is 16.2. The summed E-state index contributed by atoms with van der Waals surface area (Å²) in [6.45, 7) is 0.404. The molecule has 0 spiro atoms. The van der Waals surface area contributed by atoms with Gasteiger partial charge in [0.1, 0.15) is 6.29 Å². The van der Waals surface area contributed by atoms with Gasteiger partial charge in [0.2, 0.25) is 5.91 Å². The van der Waals surface area contributed by atoms with Gasteiger partial charge in [-0.15, -0.1) is 0 Å². The zero-order valence-corrected chi connectivity index (χ0v) is 12.2. The normalized spacial score (nSPS) is 14.6. The smallest absolute Gasteiger partial charge is 0.255 e. The van der Waals surface area contributed by atoms with E-state index in [9.17, 15) is 14.4 Å². The van der Waals surface area contributed by atoms with Crippen LogP contribution in [0.25, 0.3) is 0 Å². The van der Waals surface area contributed by atoms with Crippen LogP contribution in [0.5, 0.6) is 0 Å². The number of carbonyl (C=O) groups is 3. The number of carbonyl (C=O) groups excluding carboxylic acids is 3. The van der Waals surface area contributed by atoms with E-state index in [1.165, 1.54) is 4.90 Å². The van der Waals surface area contributed by atoms with Crippen molar-refractivity contribution in [3.8, 4) is 0 Å². The SMILES string of the molecule is CNC(=O)CCC(C=O)N1Cc2cc(NC)ccc2C1=O. The van der Waals surface area contributed by atoms with E-state index in [4.69, 9.17) is 0 Å². The van der Waals surface area contributed by atoms with Gasteiger partial charge in [0, 0.05) is 38.3 Å². The van der Waals surface area contributed by atoms with E-state index < -0.39 is 6.04 Å². The summed E-state index contributed by atoms with van der Waals surface area (Å²) < 4.78 is 0. The van der Waals surface area contributed by atoms with Gasteiger partial charge >= 0.3 is 0 Å². The Kier molecular flexibility index (Phi) is 4.57. The molecule has 2 N–H and O–H groups in total. The van der Waals surface area contributed by atoms with Crippen LogP contribution in [0, 0.1) is 0 Å². The number of hydrogen-bond acceptors (Lipinski definition) is 4. The van der Waals surface area contributed by atoms with Crippen LogP contribution < -0.4 is 10.6 Å². The van der Waals surface area contributed by atoms with Crippen LogP contribution in [0.15, 0.2) is 18.2 Å². The van der Waals surface area contributed by atoms with E-state index in [1.807, 2.05) is 19.2 Å². The Bertz CT molecular complexity index is 571. The maximum absolute atomic E-state index is 12.4. The molecule has 0 saturated carbocycles. The number of nitrogens with one attached hydrogen (secondary N) is 2. The van der Waals surface area contributed by atoms with Crippen molar-refractivity contribution >= 4 is 23.8 Å². The Morgan fingerprint density at radius 2 is 2.19 bits per heavy atom. The third-order valence-electron chi connectivity index (χ3n) is 3.73. The maximum atomic E-state index is 12.4. The Hall–Kier alpha value is -2.37. The largest absolute Gasteiger partial charge is 0.388 e. The molecular formula is C15H19N3O3. The zero-order valence-electron chi connectivity index (χ0n) is 12.2. The van der Waals surface area contributed by atoms with Crippen molar-refractivity contribution in [2.24, 2.45) is 0 Å². The predicted octanol–water partition coefficient (Wildman–Crippen LogP) is 0.778. The van der Waals surface area contributed by atoms with Gasteiger partial charge in [0.05, 0.1) is 6.04 Å². The van der Waals surface area contributed by atoms with Gasteiger partial charge in [-0.3, -0.25) is 9.59 Å². The summed E-state index contributed by atoms with van der Waals surface area (Å²) in [6.07, 6.45) is 1.30. The van der Waals surface area contributed by atoms with Gasteiger partial charge in [0.25, 0.3) is 5.91 Å². The first-order valence-corrected chi connectivity index (χ1v) is 6.88. The van der Waals surface area contributed by atoms with Gasteiger partial charge in [-0.05, 0) is 30.2 Å². The van der Waals surface area contributed by atoms with E-state index in [-0.39, 0.29) is 18.2 Å². The number of amides is 2. The fraction of sp³-hybridized carbons (Fsp3) is 0.400. The molecule has 0 saturated heterocycles. The summed E-state index contributed by atoms with van der Waals surface area (Å²) in [7, 11) is 3.36. The molecule has 6 nitrogen and oxygen atoms in total. The second-order valence-electron chi connectivity index (χ2n) is 4.97. The van der Waals surface area contributed by atoms with Crippen molar-refractivity contribution < 1.29 is 14.4 Å². The molecule has 2 rings (SSSR count). The molecule has 1 aliphatic heterocycles. The molecule has 0 fully saturated rings. The maximum Gasteiger partial charge on any atom is 0.255 e. The van der Waals surface area contributed by atoms with Gasteiger partial charge < -0.3 is 20.3 Å². The van der Waals surface area contributed by atoms with Gasteiger partial charge in [-0.2, -0.15) is 0 Å². The lowest BCUT2D eigenvalue weighted by Crippen LogP contribution is -2.37. The van der Waals surface area contributed by atoms with E-state index in [0.29, 0.717) is 18.5 Å². The second kappa shape index (κ2) is 6.39. The molecule has 1 heterocycles. The lowest BCUT2D eigenvalue weighted by atomic mass is 10.1. The quantitative estimate of drug-likeness (QED) is 0.759. The van der Waals surface area contributed by atoms with Gasteiger partial charge in [0.15, 0.2) is 0 Å². The molecule has 1 unspecified atom stereocenters. The molecular weight excluding hydrogens is 270 g/mol. The fourth-order valence-electron chi connectivity index (χ4n) is 2.47. The van der Waals surface area contributed by atoms with Crippen molar-refractivity contribution in [3.63, 3.8) is 0 Å². The fourth-order valence-corrected chi connectivity index (χ4v) is 2.47. The average Bonchev–Trinajstić information content (AvgIpc) is 2.84. The third-order valence-corrected chi connectivity index (χ3v) is 3.73. The number of nitrogens with zero attached hydrogens (tertiary/aromatic N) is 1. The first-order valence-electron chi connectivity index (χ1n) is 6.88. The van der Waals surface area contributed by atoms with Crippen LogP contribution in [-0.2, 0) is 16.1 Å². The number of benzene rings is 1. The summed E-state index contributed by atoms with van der Waals surface area (Å²) in [5.41, 5.74) is 2.45. The topological polar surface area (TPSA) is 78.5 Å². The molecule has 0 bridgehead atoms. The number of anilines is 1. The van der Waals surface area contributed by atoms with Crippen LogP contribution in [0.1, 0.15) is 28.8 Å². The van der Waals surface area contributed by atoms with E-state index >= 15 is 0 Å². The average molecular weight is 289 g/mol. The first-order chi connectivity index (χ1) is 10.1. The lowest BCUT2D eigenvalue weighted by Gasteiger charge is -2.22. The summed E-state index contributed by atoms with van der Waals surface area (Å²) >= 11 is 0. The highest BCUT2D eigenvalue weighted by Crippen LogP contribution is 2.27. The summed E-state index contributed by atoms with van der Waals surface area (Å²) in [5, 5.41) is 5.54. The second-order valence-corrected chi connectivity index (χ2v) is 4.97. The van der Waals surface area contributed by atoms with Crippen LogP contribution in [0.4, 0.5) is 5.69 Å². The van der Waals surface area contributed by atoms with E-state index in [2.05, 4.69) is 10.6 Å². The summed E-state index contributed by atoms with van der Waals surface area (Å²) in [4.78, 5) is 36.5. The number of aldehydes is 1. The van der Waals surface area contributed by atoms with Crippen molar-refractivity contribution in [3.05, 3.63) is 29.3 Å². The van der Waals surface area contributed by atoms with Crippen molar-refractivity contribution in [1.82, 2.24) is 10.2 Å². The highest BCUT2D eigenvalue weighted by Gasteiger charge is 2.32. The lowest BCUT2D eigenvalue weighted by molar-refractivity contribution is -0.121. The van der Waals surface area contributed by atoms with Crippen LogP contribution in [-0.4, -0.2) is 43.1 Å². The molecule has 21 heavy (non-hydrogen) atoms. The number of rotatable bonds is 6. The molecule has 1 aliphatic rings. The Labute approximate surface area is 123 Å². The zero-order chi connectivity index (χ0) is 15.4. The molecule has 0 radical (unpaired) electrons. The molecule has 6 heteroatoms. The van der Waals surface area contributed by atoms with Crippen LogP contribution in [0.2, 0.25) is 0 Å². The summed E-state index contributed by atoms with van der Waals surface area (Å²) in [6, 6.07) is 4.94. The van der Waals surface area contributed by atoms with Gasteiger partial charge in [-0.25, -0.2) is 0 Å². The molecule has 2 amide bonds. The first kappa shape index (κ1) is 15.0. The van der Waals surface area contributed by atoms with E-state index in [0.717, 1.165) is 17.5 Å². The van der Waals surface area contributed by atoms with Crippen LogP contribution >= 0.6 is 0 Å². The number of hydrogen-bond donors (Lipinski definition) is 2.